The molecule has 1 unspecified atom stereocenters. The van der Waals surface area contributed by atoms with Crippen LogP contribution < -0.4 is 0 Å². The zero-order valence-electron chi connectivity index (χ0n) is 10.6. The SMILES string of the molecule is CCC(Cl)C1CCN(Cc2ccccc2)CC1. The van der Waals surface area contributed by atoms with Crippen LogP contribution in [0.1, 0.15) is 31.7 Å². The number of piperidine rings is 1. The van der Waals surface area contributed by atoms with Crippen LogP contribution in [0.15, 0.2) is 30.3 Å². The molecule has 2 rings (SSSR count). The van der Waals surface area contributed by atoms with Crippen LogP contribution in [0.3, 0.4) is 0 Å². The number of rotatable bonds is 4. The van der Waals surface area contributed by atoms with Gasteiger partial charge in [-0.25, -0.2) is 0 Å². The van der Waals surface area contributed by atoms with E-state index in [2.05, 4.69) is 42.2 Å². The molecule has 1 heterocycles. The molecule has 2 heteroatoms. The fraction of sp³-hybridized carbons (Fsp3) is 0.600. The monoisotopic (exact) mass is 251 g/mol. The summed E-state index contributed by atoms with van der Waals surface area (Å²) in [7, 11) is 0. The van der Waals surface area contributed by atoms with Gasteiger partial charge in [0.05, 0.1) is 0 Å². The van der Waals surface area contributed by atoms with E-state index < -0.39 is 0 Å². The van der Waals surface area contributed by atoms with Crippen LogP contribution in [0.4, 0.5) is 0 Å². The molecular weight excluding hydrogens is 230 g/mol. The van der Waals surface area contributed by atoms with E-state index in [-0.39, 0.29) is 0 Å². The van der Waals surface area contributed by atoms with Crippen LogP contribution >= 0.6 is 11.6 Å². The average molecular weight is 252 g/mol. The van der Waals surface area contributed by atoms with Gasteiger partial charge in [0.25, 0.3) is 0 Å². The van der Waals surface area contributed by atoms with E-state index >= 15 is 0 Å². The van der Waals surface area contributed by atoms with Crippen LogP contribution in [-0.4, -0.2) is 23.4 Å². The van der Waals surface area contributed by atoms with Gasteiger partial charge in [-0.15, -0.1) is 11.6 Å². The second-order valence-corrected chi connectivity index (χ2v) is 5.58. The minimum atomic E-state index is 0.383. The van der Waals surface area contributed by atoms with Gasteiger partial charge >= 0.3 is 0 Å². The van der Waals surface area contributed by atoms with Crippen LogP contribution in [0, 0.1) is 5.92 Å². The van der Waals surface area contributed by atoms with Crippen LogP contribution in [0.5, 0.6) is 0 Å². The van der Waals surface area contributed by atoms with Crippen molar-refractivity contribution in [3.05, 3.63) is 35.9 Å². The second kappa shape index (κ2) is 6.42. The van der Waals surface area contributed by atoms with E-state index in [1.807, 2.05) is 0 Å². The molecule has 0 N–H and O–H groups in total. The van der Waals surface area contributed by atoms with Gasteiger partial charge < -0.3 is 0 Å². The van der Waals surface area contributed by atoms with Crippen LogP contribution in [-0.2, 0) is 6.54 Å². The van der Waals surface area contributed by atoms with Gasteiger partial charge in [0.2, 0.25) is 0 Å². The zero-order valence-corrected chi connectivity index (χ0v) is 11.4. The molecule has 1 nitrogen and oxygen atoms in total. The normalized spacial score (nSPS) is 20.4. The molecule has 0 radical (unpaired) electrons. The molecule has 1 fully saturated rings. The molecule has 94 valence electrons. The van der Waals surface area contributed by atoms with Gasteiger partial charge in [0.15, 0.2) is 0 Å². The van der Waals surface area contributed by atoms with E-state index in [1.165, 1.54) is 31.5 Å². The maximum atomic E-state index is 6.33. The first-order chi connectivity index (χ1) is 8.29. The number of halogens is 1. The summed E-state index contributed by atoms with van der Waals surface area (Å²) in [5.74, 6) is 0.730. The maximum absolute atomic E-state index is 6.33. The highest BCUT2D eigenvalue weighted by Gasteiger charge is 2.23. The molecule has 1 aromatic rings. The highest BCUT2D eigenvalue weighted by atomic mass is 35.5. The van der Waals surface area contributed by atoms with Crippen molar-refractivity contribution in [2.24, 2.45) is 5.92 Å². The van der Waals surface area contributed by atoms with Gasteiger partial charge in [-0.1, -0.05) is 37.3 Å². The molecule has 0 spiro atoms. The predicted octanol–water partition coefficient (Wildman–Crippen LogP) is 3.92. The standard InChI is InChI=1S/C15H22ClN/c1-2-15(16)14-8-10-17(11-9-14)12-13-6-4-3-5-7-13/h3-7,14-15H,2,8-12H2,1H3. The number of hydrogen-bond acceptors (Lipinski definition) is 1. The first-order valence-electron chi connectivity index (χ1n) is 6.70. The number of hydrogen-bond donors (Lipinski definition) is 0. The van der Waals surface area contributed by atoms with Crippen molar-refractivity contribution >= 4 is 11.6 Å². The highest BCUT2D eigenvalue weighted by molar-refractivity contribution is 6.20. The van der Waals surface area contributed by atoms with Crippen molar-refractivity contribution in [1.29, 1.82) is 0 Å². The summed E-state index contributed by atoms with van der Waals surface area (Å²) in [6, 6.07) is 10.7. The Morgan fingerprint density at radius 2 is 1.88 bits per heavy atom. The van der Waals surface area contributed by atoms with Gasteiger partial charge in [-0.05, 0) is 43.8 Å². The molecule has 1 atom stereocenters. The van der Waals surface area contributed by atoms with Crippen molar-refractivity contribution in [3.63, 3.8) is 0 Å². The summed E-state index contributed by atoms with van der Waals surface area (Å²) in [5, 5.41) is 0.383. The number of benzene rings is 1. The largest absolute Gasteiger partial charge is 0.299 e. The molecular formula is C15H22ClN. The van der Waals surface area contributed by atoms with E-state index in [0.717, 1.165) is 18.9 Å². The third-order valence-corrected chi connectivity index (χ3v) is 4.45. The van der Waals surface area contributed by atoms with E-state index in [0.29, 0.717) is 5.38 Å². The number of likely N-dealkylation sites (tertiary alicyclic amines) is 1. The summed E-state index contributed by atoms with van der Waals surface area (Å²) in [6.07, 6.45) is 3.62. The second-order valence-electron chi connectivity index (χ2n) is 5.02. The van der Waals surface area contributed by atoms with Gasteiger partial charge in [-0.3, -0.25) is 4.90 Å². The lowest BCUT2D eigenvalue weighted by atomic mass is 9.92. The Hall–Kier alpha value is -0.530. The summed E-state index contributed by atoms with van der Waals surface area (Å²) in [5.41, 5.74) is 1.42. The maximum Gasteiger partial charge on any atom is 0.0362 e. The topological polar surface area (TPSA) is 3.24 Å². The first-order valence-corrected chi connectivity index (χ1v) is 7.13. The lowest BCUT2D eigenvalue weighted by Crippen LogP contribution is -2.35. The van der Waals surface area contributed by atoms with Gasteiger partial charge in [0, 0.05) is 11.9 Å². The molecule has 1 aliphatic heterocycles. The molecule has 0 amide bonds. The summed E-state index contributed by atoms with van der Waals surface area (Å²) < 4.78 is 0. The van der Waals surface area contributed by atoms with E-state index in [1.54, 1.807) is 0 Å². The molecule has 1 aromatic carbocycles. The zero-order chi connectivity index (χ0) is 12.1. The minimum absolute atomic E-state index is 0.383. The van der Waals surface area contributed by atoms with Gasteiger partial charge in [-0.2, -0.15) is 0 Å². The first kappa shape index (κ1) is 12.9. The molecule has 0 saturated carbocycles. The van der Waals surface area contributed by atoms with Crippen molar-refractivity contribution in [2.45, 2.75) is 38.1 Å². The van der Waals surface area contributed by atoms with E-state index in [4.69, 9.17) is 11.6 Å². The van der Waals surface area contributed by atoms with Crippen molar-refractivity contribution in [3.8, 4) is 0 Å². The third-order valence-electron chi connectivity index (χ3n) is 3.78. The fourth-order valence-electron chi connectivity index (χ4n) is 2.65. The Labute approximate surface area is 110 Å². The van der Waals surface area contributed by atoms with Crippen molar-refractivity contribution < 1.29 is 0 Å². The molecule has 0 aliphatic carbocycles. The Kier molecular flexibility index (Phi) is 4.87. The summed E-state index contributed by atoms with van der Waals surface area (Å²) in [4.78, 5) is 2.55. The minimum Gasteiger partial charge on any atom is -0.299 e. The molecule has 0 aromatic heterocycles. The van der Waals surface area contributed by atoms with E-state index in [9.17, 15) is 0 Å². The number of alkyl halides is 1. The smallest absolute Gasteiger partial charge is 0.0362 e. The quantitative estimate of drug-likeness (QED) is 0.734. The predicted molar refractivity (Wildman–Crippen MR) is 74.4 cm³/mol. The lowest BCUT2D eigenvalue weighted by Gasteiger charge is -2.33. The Balaban J connectivity index is 1.80. The Morgan fingerprint density at radius 1 is 1.24 bits per heavy atom. The van der Waals surface area contributed by atoms with Crippen molar-refractivity contribution in [1.82, 2.24) is 4.90 Å². The fourth-order valence-corrected chi connectivity index (χ4v) is 2.90. The summed E-state index contributed by atoms with van der Waals surface area (Å²) >= 11 is 6.33. The molecule has 0 bridgehead atoms. The Bertz CT molecular complexity index is 317. The average Bonchev–Trinajstić information content (AvgIpc) is 2.40. The van der Waals surface area contributed by atoms with Crippen LogP contribution in [0.25, 0.3) is 0 Å². The molecule has 1 saturated heterocycles. The lowest BCUT2D eigenvalue weighted by molar-refractivity contribution is 0.173. The number of nitrogens with zero attached hydrogens (tertiary/aromatic N) is 1. The molecule has 1 aliphatic rings. The third kappa shape index (κ3) is 3.72. The van der Waals surface area contributed by atoms with Crippen LogP contribution in [0.2, 0.25) is 0 Å². The van der Waals surface area contributed by atoms with Gasteiger partial charge in [0.1, 0.15) is 0 Å². The molecule has 17 heavy (non-hydrogen) atoms. The Morgan fingerprint density at radius 3 is 2.47 bits per heavy atom. The summed E-state index contributed by atoms with van der Waals surface area (Å²) in [6.45, 7) is 5.67. The van der Waals surface area contributed by atoms with Crippen molar-refractivity contribution in [2.75, 3.05) is 13.1 Å². The highest BCUT2D eigenvalue weighted by Crippen LogP contribution is 2.26.